The van der Waals surface area contributed by atoms with Crippen molar-refractivity contribution < 1.29 is 14.3 Å². The SMILES string of the molecule is COc1ccc2cc(C(=O)N3CCN(Cc4ccc5c(c4)CCO5)CC3)c(C)nc2c1. The van der Waals surface area contributed by atoms with E-state index in [-0.39, 0.29) is 5.91 Å². The van der Waals surface area contributed by atoms with Gasteiger partial charge in [0.25, 0.3) is 5.91 Å². The van der Waals surface area contributed by atoms with Gasteiger partial charge in [0, 0.05) is 50.6 Å². The van der Waals surface area contributed by atoms with E-state index in [1.807, 2.05) is 36.1 Å². The van der Waals surface area contributed by atoms with Crippen LogP contribution in [0.5, 0.6) is 11.5 Å². The number of aryl methyl sites for hydroxylation is 1. The van der Waals surface area contributed by atoms with Crippen LogP contribution in [0.15, 0.2) is 42.5 Å². The number of carbonyl (C=O) groups excluding carboxylic acids is 1. The quantitative estimate of drug-likeness (QED) is 0.651. The average Bonchev–Trinajstić information content (AvgIpc) is 3.26. The second-order valence-corrected chi connectivity index (χ2v) is 8.29. The molecule has 0 aliphatic carbocycles. The molecule has 2 aliphatic rings. The first kappa shape index (κ1) is 19.8. The van der Waals surface area contributed by atoms with Crippen LogP contribution in [-0.2, 0) is 13.0 Å². The summed E-state index contributed by atoms with van der Waals surface area (Å²) < 4.78 is 10.9. The Morgan fingerprint density at radius 2 is 1.94 bits per heavy atom. The topological polar surface area (TPSA) is 54.9 Å². The van der Waals surface area contributed by atoms with Crippen LogP contribution in [0.25, 0.3) is 10.9 Å². The van der Waals surface area contributed by atoms with Crippen molar-refractivity contribution in [2.24, 2.45) is 0 Å². The molecule has 0 N–H and O–H groups in total. The number of benzene rings is 2. The summed E-state index contributed by atoms with van der Waals surface area (Å²) in [5, 5.41) is 0.953. The lowest BCUT2D eigenvalue weighted by Crippen LogP contribution is -2.48. The fourth-order valence-corrected chi connectivity index (χ4v) is 4.46. The minimum atomic E-state index is 0.0667. The van der Waals surface area contributed by atoms with E-state index in [4.69, 9.17) is 9.47 Å². The number of hydrogen-bond acceptors (Lipinski definition) is 5. The molecule has 0 unspecified atom stereocenters. The Hall–Kier alpha value is -3.12. The molecule has 0 atom stereocenters. The molecule has 6 nitrogen and oxygen atoms in total. The lowest BCUT2D eigenvalue weighted by molar-refractivity contribution is 0.0627. The molecule has 0 bridgehead atoms. The average molecular weight is 418 g/mol. The molecule has 0 saturated carbocycles. The summed E-state index contributed by atoms with van der Waals surface area (Å²) in [7, 11) is 1.64. The minimum Gasteiger partial charge on any atom is -0.497 e. The van der Waals surface area contributed by atoms with Gasteiger partial charge in [0.15, 0.2) is 0 Å². The van der Waals surface area contributed by atoms with E-state index in [0.29, 0.717) is 5.56 Å². The fraction of sp³-hybridized carbons (Fsp3) is 0.360. The molecule has 1 fully saturated rings. The van der Waals surface area contributed by atoms with Gasteiger partial charge in [-0.1, -0.05) is 12.1 Å². The Morgan fingerprint density at radius 1 is 1.10 bits per heavy atom. The molecular weight excluding hydrogens is 390 g/mol. The van der Waals surface area contributed by atoms with E-state index in [1.54, 1.807) is 7.11 Å². The van der Waals surface area contributed by atoms with Gasteiger partial charge in [-0.15, -0.1) is 0 Å². The predicted octanol–water partition coefficient (Wildman–Crippen LogP) is 3.44. The molecule has 1 aromatic heterocycles. The number of carbonyl (C=O) groups is 1. The number of amides is 1. The molecule has 3 heterocycles. The third-order valence-corrected chi connectivity index (χ3v) is 6.27. The maximum absolute atomic E-state index is 13.2. The number of methoxy groups -OCH3 is 1. The van der Waals surface area contributed by atoms with Crippen molar-refractivity contribution in [3.05, 3.63) is 64.8 Å². The van der Waals surface area contributed by atoms with Crippen molar-refractivity contribution in [3.8, 4) is 11.5 Å². The standard InChI is InChI=1S/C25H27N3O3/c1-17-22(14-19-4-5-21(30-2)15-23(19)26-17)25(29)28-10-8-27(9-11-28)16-18-3-6-24-20(13-18)7-12-31-24/h3-6,13-15H,7-12,16H2,1-2H3. The minimum absolute atomic E-state index is 0.0667. The number of aromatic nitrogens is 1. The highest BCUT2D eigenvalue weighted by molar-refractivity contribution is 5.98. The molecule has 160 valence electrons. The molecule has 0 radical (unpaired) electrons. The van der Waals surface area contributed by atoms with Gasteiger partial charge in [-0.3, -0.25) is 14.7 Å². The Morgan fingerprint density at radius 3 is 2.74 bits per heavy atom. The first-order chi connectivity index (χ1) is 15.1. The van der Waals surface area contributed by atoms with Crippen LogP contribution in [0, 0.1) is 6.92 Å². The highest BCUT2D eigenvalue weighted by atomic mass is 16.5. The molecule has 31 heavy (non-hydrogen) atoms. The van der Waals surface area contributed by atoms with Gasteiger partial charge < -0.3 is 14.4 Å². The van der Waals surface area contributed by atoms with Crippen LogP contribution in [0.2, 0.25) is 0 Å². The number of rotatable bonds is 4. The Kier molecular flexibility index (Phi) is 5.24. The number of fused-ring (bicyclic) bond motifs is 2. The molecule has 1 saturated heterocycles. The Labute approximate surface area is 182 Å². The zero-order chi connectivity index (χ0) is 21.4. The number of nitrogens with zero attached hydrogens (tertiary/aromatic N) is 3. The lowest BCUT2D eigenvalue weighted by atomic mass is 10.1. The third-order valence-electron chi connectivity index (χ3n) is 6.27. The summed E-state index contributed by atoms with van der Waals surface area (Å²) >= 11 is 0. The van der Waals surface area contributed by atoms with Crippen LogP contribution >= 0.6 is 0 Å². The van der Waals surface area contributed by atoms with Crippen LogP contribution < -0.4 is 9.47 Å². The van der Waals surface area contributed by atoms with E-state index in [1.165, 1.54) is 11.1 Å². The number of pyridine rings is 1. The Bertz CT molecular complexity index is 1140. The van der Waals surface area contributed by atoms with E-state index in [0.717, 1.165) is 73.8 Å². The van der Waals surface area contributed by atoms with Gasteiger partial charge in [-0.25, -0.2) is 0 Å². The first-order valence-corrected chi connectivity index (χ1v) is 10.8. The smallest absolute Gasteiger partial charge is 0.255 e. The van der Waals surface area contributed by atoms with Crippen LogP contribution in [0.1, 0.15) is 27.2 Å². The van der Waals surface area contributed by atoms with Crippen LogP contribution in [-0.4, -0.2) is 60.6 Å². The zero-order valence-electron chi connectivity index (χ0n) is 18.1. The third kappa shape index (κ3) is 3.95. The second-order valence-electron chi connectivity index (χ2n) is 8.29. The molecule has 1 amide bonds. The van der Waals surface area contributed by atoms with E-state index < -0.39 is 0 Å². The van der Waals surface area contributed by atoms with Gasteiger partial charge in [0.1, 0.15) is 11.5 Å². The molecule has 5 rings (SSSR count). The molecule has 2 aromatic carbocycles. The predicted molar refractivity (Wildman–Crippen MR) is 120 cm³/mol. The molecule has 2 aliphatic heterocycles. The second kappa shape index (κ2) is 8.19. The molecule has 3 aromatic rings. The zero-order valence-corrected chi connectivity index (χ0v) is 18.1. The van der Waals surface area contributed by atoms with Crippen LogP contribution in [0.3, 0.4) is 0 Å². The lowest BCUT2D eigenvalue weighted by Gasteiger charge is -2.35. The summed E-state index contributed by atoms with van der Waals surface area (Å²) in [6.45, 7) is 6.80. The van der Waals surface area contributed by atoms with Crippen molar-refractivity contribution in [2.75, 3.05) is 39.9 Å². The van der Waals surface area contributed by atoms with Crippen molar-refractivity contribution in [1.82, 2.24) is 14.8 Å². The normalized spacial score (nSPS) is 16.3. The van der Waals surface area contributed by atoms with Crippen LogP contribution in [0.4, 0.5) is 0 Å². The monoisotopic (exact) mass is 417 g/mol. The van der Waals surface area contributed by atoms with Gasteiger partial charge in [-0.2, -0.15) is 0 Å². The number of hydrogen-bond donors (Lipinski definition) is 0. The fourth-order valence-electron chi connectivity index (χ4n) is 4.46. The summed E-state index contributed by atoms with van der Waals surface area (Å²) in [6.07, 6.45) is 0.997. The van der Waals surface area contributed by atoms with Gasteiger partial charge in [0.05, 0.1) is 30.5 Å². The summed E-state index contributed by atoms with van der Waals surface area (Å²) in [5.41, 5.74) is 4.91. The summed E-state index contributed by atoms with van der Waals surface area (Å²) in [6, 6.07) is 14.2. The van der Waals surface area contributed by atoms with Crippen molar-refractivity contribution in [1.29, 1.82) is 0 Å². The maximum atomic E-state index is 13.2. The van der Waals surface area contributed by atoms with E-state index >= 15 is 0 Å². The van der Waals surface area contributed by atoms with E-state index in [9.17, 15) is 4.79 Å². The molecular formula is C25H27N3O3. The largest absolute Gasteiger partial charge is 0.497 e. The number of piperazine rings is 1. The van der Waals surface area contributed by atoms with Crippen molar-refractivity contribution >= 4 is 16.8 Å². The van der Waals surface area contributed by atoms with E-state index in [2.05, 4.69) is 28.1 Å². The van der Waals surface area contributed by atoms with Gasteiger partial charge in [-0.05, 0) is 42.3 Å². The summed E-state index contributed by atoms with van der Waals surface area (Å²) in [5.74, 6) is 1.86. The van der Waals surface area contributed by atoms with Gasteiger partial charge in [0.2, 0.25) is 0 Å². The Balaban J connectivity index is 1.25. The molecule has 0 spiro atoms. The van der Waals surface area contributed by atoms with Gasteiger partial charge >= 0.3 is 0 Å². The highest BCUT2D eigenvalue weighted by Gasteiger charge is 2.24. The highest BCUT2D eigenvalue weighted by Crippen LogP contribution is 2.27. The number of ether oxygens (including phenoxy) is 2. The van der Waals surface area contributed by atoms with Crippen molar-refractivity contribution in [3.63, 3.8) is 0 Å². The van der Waals surface area contributed by atoms with Crippen molar-refractivity contribution in [2.45, 2.75) is 19.9 Å². The first-order valence-electron chi connectivity index (χ1n) is 10.8. The summed E-state index contributed by atoms with van der Waals surface area (Å²) in [4.78, 5) is 22.2. The molecule has 6 heteroatoms. The maximum Gasteiger partial charge on any atom is 0.255 e.